The largest absolute Gasteiger partial charge is 0.492 e. The summed E-state index contributed by atoms with van der Waals surface area (Å²) in [7, 11) is 0. The molecular formula is C21H26F8N2O6. The number of amides is 2. The van der Waals surface area contributed by atoms with Crippen molar-refractivity contribution in [3.05, 3.63) is 29.8 Å². The van der Waals surface area contributed by atoms with Crippen molar-refractivity contribution in [2.45, 2.75) is 44.3 Å². The number of halogens is 8. The van der Waals surface area contributed by atoms with Crippen LogP contribution in [0.2, 0.25) is 0 Å². The van der Waals surface area contributed by atoms with E-state index in [4.69, 9.17) is 14.6 Å². The summed E-state index contributed by atoms with van der Waals surface area (Å²) in [5.41, 5.74) is 0.608. The molecule has 0 spiro atoms. The van der Waals surface area contributed by atoms with Crippen molar-refractivity contribution in [3.8, 4) is 5.75 Å². The standard InChI is InChI=1S/C21H26F8N2O6/c1-2-35-16(17(32)33)12-14-4-6-15(7-5-14)36-11-9-31(18(34)30-13-19(22,23)24)8-3-10-37-21(28,29)20(25,26)27/h4-7,16H,2-3,8-13H2,1H3,(H,30,34)(H,32,33). The molecule has 212 valence electrons. The minimum atomic E-state index is -5.95. The van der Waals surface area contributed by atoms with Gasteiger partial charge in [-0.05, 0) is 31.0 Å². The second-order valence-electron chi connectivity index (χ2n) is 7.46. The summed E-state index contributed by atoms with van der Waals surface area (Å²) >= 11 is 0. The molecule has 0 radical (unpaired) electrons. The third kappa shape index (κ3) is 12.3. The smallest absolute Gasteiger partial charge is 0.482 e. The normalized spacial score (nSPS) is 13.2. The highest BCUT2D eigenvalue weighted by atomic mass is 19.4. The molecular weight excluding hydrogens is 528 g/mol. The van der Waals surface area contributed by atoms with Gasteiger partial charge in [-0.25, -0.2) is 9.59 Å². The Morgan fingerprint density at radius 1 is 1.00 bits per heavy atom. The molecule has 1 aromatic rings. The van der Waals surface area contributed by atoms with E-state index in [1.807, 2.05) is 0 Å². The number of hydrogen-bond acceptors (Lipinski definition) is 5. The topological polar surface area (TPSA) is 97.3 Å². The van der Waals surface area contributed by atoms with Gasteiger partial charge >= 0.3 is 30.5 Å². The van der Waals surface area contributed by atoms with Crippen LogP contribution in [-0.4, -0.2) is 86.0 Å². The molecule has 16 heteroatoms. The molecule has 0 aliphatic rings. The number of nitrogens with zero attached hydrogens (tertiary/aromatic N) is 1. The molecule has 2 amide bonds. The molecule has 0 bridgehead atoms. The van der Waals surface area contributed by atoms with E-state index in [9.17, 15) is 44.7 Å². The van der Waals surface area contributed by atoms with Gasteiger partial charge in [0.2, 0.25) is 0 Å². The Labute approximate surface area is 206 Å². The van der Waals surface area contributed by atoms with E-state index < -0.39 is 62.7 Å². The lowest BCUT2D eigenvalue weighted by Gasteiger charge is -2.24. The average Bonchev–Trinajstić information content (AvgIpc) is 2.78. The first kappa shape index (κ1) is 32.1. The Bertz CT molecular complexity index is 849. The molecule has 0 saturated carbocycles. The number of benzene rings is 1. The predicted molar refractivity (Wildman–Crippen MR) is 111 cm³/mol. The van der Waals surface area contributed by atoms with Gasteiger partial charge in [0.15, 0.2) is 6.10 Å². The molecule has 0 aliphatic carbocycles. The van der Waals surface area contributed by atoms with Gasteiger partial charge in [0.25, 0.3) is 0 Å². The van der Waals surface area contributed by atoms with Gasteiger partial charge in [-0.1, -0.05) is 12.1 Å². The Hall–Kier alpha value is -2.88. The summed E-state index contributed by atoms with van der Waals surface area (Å²) < 4.78 is 113. The highest BCUT2D eigenvalue weighted by Gasteiger charge is 2.59. The molecule has 0 aromatic heterocycles. The van der Waals surface area contributed by atoms with Gasteiger partial charge in [-0.2, -0.15) is 35.1 Å². The maximum atomic E-state index is 12.8. The van der Waals surface area contributed by atoms with Gasteiger partial charge < -0.3 is 29.5 Å². The van der Waals surface area contributed by atoms with E-state index in [0.29, 0.717) is 5.56 Å². The summed E-state index contributed by atoms with van der Waals surface area (Å²) in [6, 6.07) is 4.81. The molecule has 2 N–H and O–H groups in total. The van der Waals surface area contributed by atoms with Crippen molar-refractivity contribution in [2.75, 3.05) is 39.5 Å². The summed E-state index contributed by atoms with van der Waals surface area (Å²) in [6.45, 7) is -2.09. The number of hydrogen-bond donors (Lipinski definition) is 2. The third-order valence-electron chi connectivity index (χ3n) is 4.53. The number of ether oxygens (including phenoxy) is 3. The van der Waals surface area contributed by atoms with Crippen LogP contribution in [0.3, 0.4) is 0 Å². The number of rotatable bonds is 15. The molecule has 0 aliphatic heterocycles. The maximum absolute atomic E-state index is 12.8. The van der Waals surface area contributed by atoms with E-state index in [1.165, 1.54) is 12.1 Å². The van der Waals surface area contributed by atoms with Crippen molar-refractivity contribution in [1.82, 2.24) is 10.2 Å². The fourth-order valence-electron chi connectivity index (χ4n) is 2.77. The lowest BCUT2D eigenvalue weighted by molar-refractivity contribution is -0.391. The van der Waals surface area contributed by atoms with Crippen LogP contribution in [0.4, 0.5) is 39.9 Å². The molecule has 1 aromatic carbocycles. The molecule has 1 rings (SSSR count). The summed E-state index contributed by atoms with van der Waals surface area (Å²) in [5.74, 6) is -0.880. The van der Waals surface area contributed by atoms with Gasteiger partial charge in [-0.15, -0.1) is 0 Å². The first-order valence-electron chi connectivity index (χ1n) is 10.8. The first-order chi connectivity index (χ1) is 17.1. The zero-order valence-corrected chi connectivity index (χ0v) is 19.5. The second-order valence-corrected chi connectivity index (χ2v) is 7.46. The number of alkyl halides is 8. The number of carboxylic acid groups (broad SMARTS) is 1. The predicted octanol–water partition coefficient (Wildman–Crippen LogP) is 4.23. The molecule has 37 heavy (non-hydrogen) atoms. The van der Waals surface area contributed by atoms with Crippen molar-refractivity contribution in [2.24, 2.45) is 0 Å². The van der Waals surface area contributed by atoms with Crippen LogP contribution in [0.1, 0.15) is 18.9 Å². The fraction of sp³-hybridized carbons (Fsp3) is 0.619. The number of aliphatic carboxylic acids is 1. The maximum Gasteiger partial charge on any atom is 0.482 e. The van der Waals surface area contributed by atoms with Crippen LogP contribution in [0.15, 0.2) is 24.3 Å². The zero-order valence-electron chi connectivity index (χ0n) is 19.5. The number of urea groups is 1. The molecule has 8 nitrogen and oxygen atoms in total. The van der Waals surface area contributed by atoms with Gasteiger partial charge in [-0.3, -0.25) is 0 Å². The van der Waals surface area contributed by atoms with Crippen LogP contribution in [0, 0.1) is 0 Å². The minimum Gasteiger partial charge on any atom is -0.492 e. The second kappa shape index (κ2) is 14.2. The third-order valence-corrected chi connectivity index (χ3v) is 4.53. The molecule has 1 atom stereocenters. The Kier molecular flexibility index (Phi) is 12.3. The van der Waals surface area contributed by atoms with E-state index in [0.717, 1.165) is 4.90 Å². The Balaban J connectivity index is 2.67. The van der Waals surface area contributed by atoms with Gasteiger partial charge in [0.1, 0.15) is 18.9 Å². The number of nitrogens with one attached hydrogen (secondary N) is 1. The van der Waals surface area contributed by atoms with Crippen LogP contribution in [-0.2, 0) is 20.7 Å². The van der Waals surface area contributed by atoms with E-state index in [2.05, 4.69) is 4.74 Å². The van der Waals surface area contributed by atoms with Crippen molar-refractivity contribution in [1.29, 1.82) is 0 Å². The van der Waals surface area contributed by atoms with Gasteiger partial charge in [0, 0.05) is 19.6 Å². The summed E-state index contributed by atoms with van der Waals surface area (Å²) in [5, 5.41) is 10.7. The highest BCUT2D eigenvalue weighted by Crippen LogP contribution is 2.36. The van der Waals surface area contributed by atoms with E-state index in [1.54, 1.807) is 24.4 Å². The van der Waals surface area contributed by atoms with Crippen LogP contribution >= 0.6 is 0 Å². The van der Waals surface area contributed by atoms with E-state index in [-0.39, 0.29) is 31.9 Å². The number of carboxylic acids is 1. The molecule has 0 heterocycles. The van der Waals surface area contributed by atoms with Crippen molar-refractivity contribution >= 4 is 12.0 Å². The average molecular weight is 554 g/mol. The molecule has 0 fully saturated rings. The summed E-state index contributed by atoms with van der Waals surface area (Å²) in [6.07, 6.45) is -17.6. The lowest BCUT2D eigenvalue weighted by Crippen LogP contribution is -2.46. The Morgan fingerprint density at radius 2 is 1.62 bits per heavy atom. The zero-order chi connectivity index (χ0) is 28.3. The summed E-state index contributed by atoms with van der Waals surface area (Å²) in [4.78, 5) is 24.0. The minimum absolute atomic E-state index is 0.0755. The van der Waals surface area contributed by atoms with Crippen LogP contribution < -0.4 is 10.1 Å². The number of carbonyl (C=O) groups excluding carboxylic acids is 1. The van der Waals surface area contributed by atoms with Crippen LogP contribution in [0.5, 0.6) is 5.75 Å². The quantitative estimate of drug-likeness (QED) is 0.249. The van der Waals surface area contributed by atoms with Crippen molar-refractivity contribution in [3.63, 3.8) is 0 Å². The van der Waals surface area contributed by atoms with Crippen LogP contribution in [0.25, 0.3) is 0 Å². The Morgan fingerprint density at radius 3 is 2.14 bits per heavy atom. The molecule has 0 saturated heterocycles. The fourth-order valence-corrected chi connectivity index (χ4v) is 2.77. The van der Waals surface area contributed by atoms with Crippen molar-refractivity contribution < 1.29 is 64.0 Å². The van der Waals surface area contributed by atoms with Gasteiger partial charge in [0.05, 0.1) is 13.2 Å². The SMILES string of the molecule is CCOC(Cc1ccc(OCCN(CCCOC(F)(F)C(F)(F)F)C(=O)NCC(F)(F)F)cc1)C(=O)O. The monoisotopic (exact) mass is 554 g/mol. The first-order valence-corrected chi connectivity index (χ1v) is 10.8. The number of carbonyl (C=O) groups is 2. The van der Waals surface area contributed by atoms with E-state index >= 15 is 0 Å². The molecule has 1 unspecified atom stereocenters. The lowest BCUT2D eigenvalue weighted by atomic mass is 10.1. The highest BCUT2D eigenvalue weighted by molar-refractivity contribution is 5.74.